The maximum Gasteiger partial charge on any atom is 0.328 e. The van der Waals surface area contributed by atoms with Crippen molar-refractivity contribution in [3.05, 3.63) is 58.0 Å². The van der Waals surface area contributed by atoms with Crippen LogP contribution in [0, 0.1) is 13.8 Å². The van der Waals surface area contributed by atoms with Crippen molar-refractivity contribution in [2.24, 2.45) is 19.2 Å². The molecule has 2 aromatic carbocycles. The van der Waals surface area contributed by atoms with E-state index in [0.29, 0.717) is 11.4 Å². The monoisotopic (exact) mass is 405 g/mol. The largest absolute Gasteiger partial charge is 0.328 e. The number of hydrogen-bond acceptors (Lipinski definition) is 4. The Kier molecular flexibility index (Phi) is 4.77. The number of imidazole rings is 1. The first kappa shape index (κ1) is 19.6. The zero-order valence-corrected chi connectivity index (χ0v) is 17.4. The molecule has 30 heavy (non-hydrogen) atoms. The van der Waals surface area contributed by atoms with Gasteiger partial charge in [0.15, 0.2) is 0 Å². The second-order valence-electron chi connectivity index (χ2n) is 7.60. The van der Waals surface area contributed by atoms with Gasteiger partial charge in [0.25, 0.3) is 5.91 Å². The number of aromatic nitrogens is 2. The van der Waals surface area contributed by atoms with Crippen LogP contribution in [0.1, 0.15) is 24.0 Å². The lowest BCUT2D eigenvalue weighted by Crippen LogP contribution is -2.36. The molecule has 4 rings (SSSR count). The maximum absolute atomic E-state index is 12.8. The van der Waals surface area contributed by atoms with Gasteiger partial charge in [0.05, 0.1) is 16.7 Å². The fourth-order valence-electron chi connectivity index (χ4n) is 3.64. The molecule has 154 valence electrons. The van der Waals surface area contributed by atoms with Gasteiger partial charge >= 0.3 is 5.69 Å². The molecule has 0 unspecified atom stereocenters. The summed E-state index contributed by atoms with van der Waals surface area (Å²) in [6.07, 6.45) is 0.490. The number of rotatable bonds is 3. The van der Waals surface area contributed by atoms with Crippen LogP contribution in [0.25, 0.3) is 11.0 Å². The van der Waals surface area contributed by atoms with Crippen molar-refractivity contribution < 1.29 is 9.59 Å². The van der Waals surface area contributed by atoms with Crippen molar-refractivity contribution in [1.29, 1.82) is 0 Å². The third kappa shape index (κ3) is 3.30. The third-order valence-corrected chi connectivity index (χ3v) is 5.42. The number of aryl methyl sites for hydroxylation is 4. The summed E-state index contributed by atoms with van der Waals surface area (Å²) >= 11 is 0. The summed E-state index contributed by atoms with van der Waals surface area (Å²) in [5, 5.41) is 8.52. The van der Waals surface area contributed by atoms with Crippen LogP contribution in [0.2, 0.25) is 0 Å². The minimum Gasteiger partial charge on any atom is -0.321 e. The van der Waals surface area contributed by atoms with Crippen LogP contribution in [-0.2, 0) is 23.7 Å². The quantitative estimate of drug-likeness (QED) is 0.726. The molecule has 3 aromatic rings. The lowest BCUT2D eigenvalue weighted by molar-refractivity contribution is -0.118. The molecule has 0 atom stereocenters. The van der Waals surface area contributed by atoms with E-state index in [9.17, 15) is 14.4 Å². The van der Waals surface area contributed by atoms with Gasteiger partial charge in [0.1, 0.15) is 5.71 Å². The lowest BCUT2D eigenvalue weighted by Gasteiger charge is -2.24. The topological polar surface area (TPSA) is 88.7 Å². The number of hydrazone groups is 1. The molecule has 0 aliphatic carbocycles. The van der Waals surface area contributed by atoms with Crippen molar-refractivity contribution in [2.75, 3.05) is 10.3 Å². The second kappa shape index (κ2) is 7.29. The Morgan fingerprint density at radius 2 is 1.70 bits per heavy atom. The van der Waals surface area contributed by atoms with Gasteiger partial charge in [-0.2, -0.15) is 5.10 Å². The SMILES string of the molecule is Cc1ccc(C)c(N2N=C(C(=O)Nc3ccc4c(c3)n(C)c(=O)n4C)CCC2=O)c1. The molecule has 2 amide bonds. The molecule has 0 saturated carbocycles. The first-order valence-corrected chi connectivity index (χ1v) is 9.71. The maximum atomic E-state index is 12.8. The highest BCUT2D eigenvalue weighted by Gasteiger charge is 2.26. The minimum absolute atomic E-state index is 0.132. The molecule has 0 fully saturated rings. The van der Waals surface area contributed by atoms with Gasteiger partial charge in [-0.1, -0.05) is 12.1 Å². The van der Waals surface area contributed by atoms with E-state index in [4.69, 9.17) is 0 Å². The van der Waals surface area contributed by atoms with Gasteiger partial charge in [0, 0.05) is 32.6 Å². The summed E-state index contributed by atoms with van der Waals surface area (Å²) in [7, 11) is 3.40. The second-order valence-corrected chi connectivity index (χ2v) is 7.60. The van der Waals surface area contributed by atoms with Gasteiger partial charge in [-0.05, 0) is 49.2 Å². The van der Waals surface area contributed by atoms with Gasteiger partial charge in [-0.15, -0.1) is 0 Å². The summed E-state index contributed by atoms with van der Waals surface area (Å²) in [4.78, 5) is 37.4. The molecule has 8 heteroatoms. The van der Waals surface area contributed by atoms with Crippen LogP contribution in [0.15, 0.2) is 46.3 Å². The Balaban J connectivity index is 1.63. The number of anilines is 2. The smallest absolute Gasteiger partial charge is 0.321 e. The summed E-state index contributed by atoms with van der Waals surface area (Å²) in [6.45, 7) is 3.85. The first-order valence-electron chi connectivity index (χ1n) is 9.71. The predicted molar refractivity (Wildman–Crippen MR) is 117 cm³/mol. The molecule has 1 N–H and O–H groups in total. The highest BCUT2D eigenvalue weighted by molar-refractivity contribution is 6.44. The average molecular weight is 405 g/mol. The number of nitrogens with one attached hydrogen (secondary N) is 1. The summed E-state index contributed by atoms with van der Waals surface area (Å²) in [6, 6.07) is 11.1. The van der Waals surface area contributed by atoms with Crippen LogP contribution in [0.4, 0.5) is 11.4 Å². The van der Waals surface area contributed by atoms with Crippen molar-refractivity contribution in [2.45, 2.75) is 26.7 Å². The van der Waals surface area contributed by atoms with Gasteiger partial charge in [0.2, 0.25) is 5.91 Å². The molecule has 1 aromatic heterocycles. The zero-order chi connectivity index (χ0) is 21.6. The number of benzene rings is 2. The fourth-order valence-corrected chi connectivity index (χ4v) is 3.64. The van der Waals surface area contributed by atoms with Crippen molar-refractivity contribution in [3.8, 4) is 0 Å². The Hall–Kier alpha value is -3.68. The van der Waals surface area contributed by atoms with Crippen LogP contribution in [0.3, 0.4) is 0 Å². The fraction of sp³-hybridized carbons (Fsp3) is 0.273. The van der Waals surface area contributed by atoms with Crippen LogP contribution in [-0.4, -0.2) is 26.7 Å². The number of carbonyl (C=O) groups excluding carboxylic acids is 2. The summed E-state index contributed by atoms with van der Waals surface area (Å²) in [5.74, 6) is -0.501. The Morgan fingerprint density at radius 3 is 2.47 bits per heavy atom. The molecule has 0 radical (unpaired) electrons. The summed E-state index contributed by atoms with van der Waals surface area (Å²) < 4.78 is 3.09. The average Bonchev–Trinajstić information content (AvgIpc) is 2.94. The van der Waals surface area contributed by atoms with Crippen molar-refractivity contribution >= 4 is 39.9 Å². The van der Waals surface area contributed by atoms with Gasteiger partial charge in [-0.3, -0.25) is 18.7 Å². The van der Waals surface area contributed by atoms with E-state index in [2.05, 4.69) is 10.4 Å². The lowest BCUT2D eigenvalue weighted by atomic mass is 10.1. The molecule has 1 aliphatic rings. The van der Waals surface area contributed by atoms with E-state index in [1.165, 1.54) is 9.58 Å². The number of fused-ring (bicyclic) bond motifs is 1. The van der Waals surface area contributed by atoms with E-state index in [-0.39, 0.29) is 36.1 Å². The van der Waals surface area contributed by atoms with Crippen LogP contribution >= 0.6 is 0 Å². The molecule has 0 bridgehead atoms. The third-order valence-electron chi connectivity index (χ3n) is 5.42. The number of nitrogens with zero attached hydrogens (tertiary/aromatic N) is 4. The van der Waals surface area contributed by atoms with Crippen LogP contribution in [0.5, 0.6) is 0 Å². The molecule has 0 spiro atoms. The Bertz CT molecular complexity index is 1280. The molecule has 2 heterocycles. The van der Waals surface area contributed by atoms with Crippen molar-refractivity contribution in [1.82, 2.24) is 9.13 Å². The first-order chi connectivity index (χ1) is 14.3. The zero-order valence-electron chi connectivity index (χ0n) is 17.4. The standard InChI is InChI=1S/C22H23N5O3/c1-13-5-6-14(2)18(11-13)27-20(28)10-8-16(24-27)21(29)23-15-7-9-17-19(12-15)26(4)22(30)25(17)3/h5-7,9,11-12H,8,10H2,1-4H3,(H,23,29). The van der Waals surface area contributed by atoms with E-state index < -0.39 is 0 Å². The van der Waals surface area contributed by atoms with Crippen LogP contribution < -0.4 is 16.0 Å². The molecule has 0 saturated heterocycles. The molecule has 1 aliphatic heterocycles. The molecular weight excluding hydrogens is 382 g/mol. The van der Waals surface area contributed by atoms with Crippen molar-refractivity contribution in [3.63, 3.8) is 0 Å². The normalized spacial score (nSPS) is 14.2. The molecule has 8 nitrogen and oxygen atoms in total. The van der Waals surface area contributed by atoms with Gasteiger partial charge in [-0.25, -0.2) is 9.80 Å². The Labute approximate surface area is 173 Å². The number of carbonyl (C=O) groups is 2. The van der Waals surface area contributed by atoms with E-state index in [0.717, 1.165) is 22.2 Å². The summed E-state index contributed by atoms with van der Waals surface area (Å²) in [5.41, 5.74) is 4.83. The number of hydrogen-bond donors (Lipinski definition) is 1. The number of amides is 2. The van der Waals surface area contributed by atoms with E-state index >= 15 is 0 Å². The van der Waals surface area contributed by atoms with E-state index in [1.54, 1.807) is 36.9 Å². The Morgan fingerprint density at radius 1 is 0.967 bits per heavy atom. The highest BCUT2D eigenvalue weighted by Crippen LogP contribution is 2.26. The highest BCUT2D eigenvalue weighted by atomic mass is 16.2. The predicted octanol–water partition coefficient (Wildman–Crippen LogP) is 2.62. The molecular formula is C22H23N5O3. The minimum atomic E-state index is -0.363. The van der Waals surface area contributed by atoms with Gasteiger partial charge < -0.3 is 5.32 Å². The van der Waals surface area contributed by atoms with E-state index in [1.807, 2.05) is 32.0 Å².